The predicted octanol–water partition coefficient (Wildman–Crippen LogP) is 5.21. The van der Waals surface area contributed by atoms with Gasteiger partial charge in [0.15, 0.2) is 0 Å². The van der Waals surface area contributed by atoms with Crippen molar-refractivity contribution in [1.82, 2.24) is 9.88 Å². The fourth-order valence-electron chi connectivity index (χ4n) is 4.86. The first-order valence-corrected chi connectivity index (χ1v) is 10.9. The SMILES string of the molecule is O=C(C1CCCCC1)N1CCc2[nH]c3c(OCc4ccccc4)cccc3c2C1. The molecule has 1 fully saturated rings. The molecule has 150 valence electrons. The molecule has 4 nitrogen and oxygen atoms in total. The molecule has 2 aromatic carbocycles. The molecule has 0 bridgehead atoms. The number of nitrogens with zero attached hydrogens (tertiary/aromatic N) is 1. The lowest BCUT2D eigenvalue weighted by Gasteiger charge is -2.32. The van der Waals surface area contributed by atoms with Crippen LogP contribution in [0.15, 0.2) is 48.5 Å². The van der Waals surface area contributed by atoms with Crippen molar-refractivity contribution in [2.24, 2.45) is 5.92 Å². The van der Waals surface area contributed by atoms with Crippen molar-refractivity contribution in [3.8, 4) is 5.75 Å². The Labute approximate surface area is 171 Å². The number of aromatic nitrogens is 1. The van der Waals surface area contributed by atoms with Crippen molar-refractivity contribution in [3.63, 3.8) is 0 Å². The molecule has 1 aromatic heterocycles. The lowest BCUT2D eigenvalue weighted by atomic mass is 9.87. The minimum absolute atomic E-state index is 0.236. The van der Waals surface area contributed by atoms with Crippen molar-refractivity contribution in [2.75, 3.05) is 6.54 Å². The van der Waals surface area contributed by atoms with Gasteiger partial charge in [0.1, 0.15) is 12.4 Å². The van der Waals surface area contributed by atoms with E-state index in [1.165, 1.54) is 35.9 Å². The maximum absolute atomic E-state index is 13.0. The molecule has 1 amide bonds. The van der Waals surface area contributed by atoms with E-state index in [0.29, 0.717) is 19.1 Å². The molecule has 1 N–H and O–H groups in total. The van der Waals surface area contributed by atoms with Gasteiger partial charge >= 0.3 is 0 Å². The van der Waals surface area contributed by atoms with Gasteiger partial charge in [0.05, 0.1) is 5.52 Å². The zero-order chi connectivity index (χ0) is 19.6. The van der Waals surface area contributed by atoms with Gasteiger partial charge in [0.2, 0.25) is 5.91 Å². The molecule has 5 rings (SSSR count). The first-order valence-electron chi connectivity index (χ1n) is 10.9. The number of H-pyrrole nitrogens is 1. The fraction of sp³-hybridized carbons (Fsp3) is 0.400. The van der Waals surface area contributed by atoms with Crippen LogP contribution < -0.4 is 4.74 Å². The normalized spacial score (nSPS) is 17.3. The van der Waals surface area contributed by atoms with E-state index in [4.69, 9.17) is 4.74 Å². The van der Waals surface area contributed by atoms with Gasteiger partial charge in [-0.3, -0.25) is 4.79 Å². The topological polar surface area (TPSA) is 45.3 Å². The number of benzene rings is 2. The molecule has 1 aliphatic carbocycles. The van der Waals surface area contributed by atoms with Crippen LogP contribution in [0.4, 0.5) is 0 Å². The second-order valence-electron chi connectivity index (χ2n) is 8.38. The summed E-state index contributed by atoms with van der Waals surface area (Å²) in [6.07, 6.45) is 6.69. The summed E-state index contributed by atoms with van der Waals surface area (Å²) in [6.45, 7) is 2.08. The highest BCUT2D eigenvalue weighted by molar-refractivity contribution is 5.90. The summed E-state index contributed by atoms with van der Waals surface area (Å²) < 4.78 is 6.14. The summed E-state index contributed by atoms with van der Waals surface area (Å²) in [5.74, 6) is 1.48. The smallest absolute Gasteiger partial charge is 0.225 e. The number of fused-ring (bicyclic) bond motifs is 3. The standard InChI is InChI=1S/C25H28N2O2/c28-25(19-10-5-2-6-11-19)27-15-14-22-21(16-27)20-12-7-13-23(24(20)26-22)29-17-18-8-3-1-4-9-18/h1,3-4,7-9,12-13,19,26H,2,5-6,10-11,14-17H2. The van der Waals surface area contributed by atoms with E-state index in [2.05, 4.69) is 34.1 Å². The molecule has 4 heteroatoms. The highest BCUT2D eigenvalue weighted by Crippen LogP contribution is 2.34. The highest BCUT2D eigenvalue weighted by Gasteiger charge is 2.30. The lowest BCUT2D eigenvalue weighted by Crippen LogP contribution is -2.40. The molecular weight excluding hydrogens is 360 g/mol. The van der Waals surface area contributed by atoms with E-state index in [9.17, 15) is 4.79 Å². The van der Waals surface area contributed by atoms with Crippen molar-refractivity contribution in [2.45, 2.75) is 51.7 Å². The molecule has 3 aromatic rings. The summed E-state index contributed by atoms with van der Waals surface area (Å²) in [6, 6.07) is 16.5. The van der Waals surface area contributed by atoms with Gasteiger partial charge in [-0.2, -0.15) is 0 Å². The third-order valence-corrected chi connectivity index (χ3v) is 6.48. The van der Waals surface area contributed by atoms with Gasteiger partial charge in [0, 0.05) is 42.1 Å². The Morgan fingerprint density at radius 2 is 1.86 bits per heavy atom. The molecule has 0 radical (unpaired) electrons. The maximum Gasteiger partial charge on any atom is 0.225 e. The highest BCUT2D eigenvalue weighted by atomic mass is 16.5. The van der Waals surface area contributed by atoms with Crippen LogP contribution in [-0.4, -0.2) is 22.3 Å². The van der Waals surface area contributed by atoms with Crippen LogP contribution in [0, 0.1) is 5.92 Å². The zero-order valence-electron chi connectivity index (χ0n) is 16.8. The first-order chi connectivity index (χ1) is 14.3. The summed E-state index contributed by atoms with van der Waals surface area (Å²) in [4.78, 5) is 18.7. The van der Waals surface area contributed by atoms with Crippen LogP contribution in [0.3, 0.4) is 0 Å². The number of hydrogen-bond donors (Lipinski definition) is 1. The van der Waals surface area contributed by atoms with Gasteiger partial charge in [-0.1, -0.05) is 61.7 Å². The van der Waals surface area contributed by atoms with E-state index in [0.717, 1.165) is 42.6 Å². The van der Waals surface area contributed by atoms with Crippen LogP contribution in [0.25, 0.3) is 10.9 Å². The number of amides is 1. The number of para-hydroxylation sites is 1. The Bertz CT molecular complexity index is 1000. The number of ether oxygens (including phenoxy) is 1. The molecule has 2 aliphatic rings. The summed E-state index contributed by atoms with van der Waals surface area (Å²) >= 11 is 0. The number of rotatable bonds is 4. The Kier molecular flexibility index (Phi) is 5.01. The first kappa shape index (κ1) is 18.3. The van der Waals surface area contributed by atoms with Crippen LogP contribution in [-0.2, 0) is 24.4 Å². The van der Waals surface area contributed by atoms with Crippen LogP contribution in [0.1, 0.15) is 48.9 Å². The molecule has 0 unspecified atom stereocenters. The van der Waals surface area contributed by atoms with E-state index < -0.39 is 0 Å². The number of aromatic amines is 1. The molecule has 0 saturated heterocycles. The molecular formula is C25H28N2O2. The number of nitrogens with one attached hydrogen (secondary N) is 1. The van der Waals surface area contributed by atoms with Crippen LogP contribution in [0.2, 0.25) is 0 Å². The van der Waals surface area contributed by atoms with Crippen molar-refractivity contribution in [3.05, 3.63) is 65.4 Å². The van der Waals surface area contributed by atoms with E-state index in [1.54, 1.807) is 0 Å². The number of carbonyl (C=O) groups is 1. The van der Waals surface area contributed by atoms with Gasteiger partial charge in [-0.05, 0) is 24.5 Å². The summed E-state index contributed by atoms with van der Waals surface area (Å²) in [5.41, 5.74) is 4.73. The van der Waals surface area contributed by atoms with Crippen LogP contribution in [0.5, 0.6) is 5.75 Å². The van der Waals surface area contributed by atoms with Crippen molar-refractivity contribution >= 4 is 16.8 Å². The zero-order valence-corrected chi connectivity index (χ0v) is 16.8. The van der Waals surface area contributed by atoms with Gasteiger partial charge in [-0.25, -0.2) is 0 Å². The molecule has 1 saturated carbocycles. The maximum atomic E-state index is 13.0. The van der Waals surface area contributed by atoms with E-state index >= 15 is 0 Å². The fourth-order valence-corrected chi connectivity index (χ4v) is 4.86. The third kappa shape index (κ3) is 3.64. The minimum Gasteiger partial charge on any atom is -0.487 e. The molecule has 0 spiro atoms. The Balaban J connectivity index is 1.37. The lowest BCUT2D eigenvalue weighted by molar-refractivity contribution is -0.137. The Hall–Kier alpha value is -2.75. The third-order valence-electron chi connectivity index (χ3n) is 6.48. The molecule has 2 heterocycles. The second-order valence-corrected chi connectivity index (χ2v) is 8.38. The number of carbonyl (C=O) groups excluding carboxylic acids is 1. The van der Waals surface area contributed by atoms with E-state index in [-0.39, 0.29) is 5.92 Å². The summed E-state index contributed by atoms with van der Waals surface area (Å²) in [7, 11) is 0. The average Bonchev–Trinajstić information content (AvgIpc) is 3.17. The number of hydrogen-bond acceptors (Lipinski definition) is 2. The van der Waals surface area contributed by atoms with Gasteiger partial charge in [-0.15, -0.1) is 0 Å². The predicted molar refractivity (Wildman–Crippen MR) is 115 cm³/mol. The minimum atomic E-state index is 0.236. The van der Waals surface area contributed by atoms with Crippen LogP contribution >= 0.6 is 0 Å². The quantitative estimate of drug-likeness (QED) is 0.667. The molecule has 29 heavy (non-hydrogen) atoms. The van der Waals surface area contributed by atoms with Crippen molar-refractivity contribution in [1.29, 1.82) is 0 Å². The van der Waals surface area contributed by atoms with Gasteiger partial charge in [0.25, 0.3) is 0 Å². The summed E-state index contributed by atoms with van der Waals surface area (Å²) in [5, 5.41) is 1.19. The average molecular weight is 389 g/mol. The largest absolute Gasteiger partial charge is 0.487 e. The van der Waals surface area contributed by atoms with E-state index in [1.807, 2.05) is 24.3 Å². The Morgan fingerprint density at radius 1 is 1.03 bits per heavy atom. The monoisotopic (exact) mass is 388 g/mol. The molecule has 1 aliphatic heterocycles. The van der Waals surface area contributed by atoms with Crippen molar-refractivity contribution < 1.29 is 9.53 Å². The van der Waals surface area contributed by atoms with Gasteiger partial charge < -0.3 is 14.6 Å². The Morgan fingerprint density at radius 3 is 2.69 bits per heavy atom. The molecule has 0 atom stereocenters. The second kappa shape index (κ2) is 7.94.